The first kappa shape index (κ1) is 20.8. The highest BCUT2D eigenvalue weighted by Crippen LogP contribution is 2.36. The lowest BCUT2D eigenvalue weighted by Crippen LogP contribution is -2.25. The fourth-order valence-corrected chi connectivity index (χ4v) is 3.63. The minimum Gasteiger partial charge on any atom is -0.466 e. The molecule has 1 N–H and O–H groups in total. The molecule has 2 aromatic heterocycles. The molecule has 0 atom stereocenters. The van der Waals surface area contributed by atoms with Crippen LogP contribution in [0.25, 0.3) is 22.0 Å². The number of sulfone groups is 1. The number of H-pyrrole nitrogens is 1. The maximum Gasteiger partial charge on any atom is 0.503 e. The van der Waals surface area contributed by atoms with E-state index in [0.717, 1.165) is 6.20 Å². The monoisotopic (exact) mass is 427 g/mol. The molecule has 0 unspecified atom stereocenters. The Bertz CT molecular complexity index is 1160. The summed E-state index contributed by atoms with van der Waals surface area (Å²) >= 11 is 0. The number of nitrogens with zero attached hydrogens (tertiary/aromatic N) is 2. The molecule has 7 nitrogen and oxygen atoms in total. The molecule has 11 heteroatoms. The zero-order valence-corrected chi connectivity index (χ0v) is 16.0. The van der Waals surface area contributed by atoms with E-state index in [1.54, 1.807) is 13.0 Å². The van der Waals surface area contributed by atoms with Crippen molar-refractivity contribution in [1.82, 2.24) is 15.2 Å². The summed E-state index contributed by atoms with van der Waals surface area (Å²) in [5, 5.41) is 6.05. The van der Waals surface area contributed by atoms with Crippen LogP contribution < -0.4 is 0 Å². The largest absolute Gasteiger partial charge is 0.503 e. The molecule has 0 radical (unpaired) electrons. The van der Waals surface area contributed by atoms with E-state index < -0.39 is 26.3 Å². The van der Waals surface area contributed by atoms with Crippen molar-refractivity contribution in [3.63, 3.8) is 0 Å². The number of ether oxygens (including phenoxy) is 1. The number of esters is 1. The van der Waals surface area contributed by atoms with Gasteiger partial charge in [-0.25, -0.2) is 13.4 Å². The van der Waals surface area contributed by atoms with Gasteiger partial charge in [0, 0.05) is 23.6 Å². The number of aryl methyl sites for hydroxylation is 1. The molecular weight excluding hydrogens is 411 g/mol. The van der Waals surface area contributed by atoms with Crippen LogP contribution in [0.15, 0.2) is 41.7 Å². The summed E-state index contributed by atoms with van der Waals surface area (Å²) in [7, 11) is -5.68. The summed E-state index contributed by atoms with van der Waals surface area (Å²) < 4.78 is 68.4. The highest BCUT2D eigenvalue weighted by atomic mass is 32.2. The number of alkyl halides is 3. The zero-order chi connectivity index (χ0) is 21.2. The predicted octanol–water partition coefficient (Wildman–Crippen LogP) is 3.41. The van der Waals surface area contributed by atoms with Crippen molar-refractivity contribution in [2.75, 3.05) is 6.61 Å². The number of carbonyl (C=O) groups excluding carboxylic acids is 1. The molecule has 0 bridgehead atoms. The third-order valence-electron chi connectivity index (χ3n) is 4.14. The molecule has 0 spiro atoms. The number of pyridine rings is 1. The second kappa shape index (κ2) is 7.82. The van der Waals surface area contributed by atoms with Crippen LogP contribution in [-0.4, -0.2) is 41.7 Å². The molecular formula is C18H16F3N3O4S. The van der Waals surface area contributed by atoms with E-state index in [-0.39, 0.29) is 30.6 Å². The van der Waals surface area contributed by atoms with E-state index in [9.17, 15) is 26.4 Å². The summed E-state index contributed by atoms with van der Waals surface area (Å²) in [5.74, 6) is -0.471. The van der Waals surface area contributed by atoms with Gasteiger partial charge >= 0.3 is 11.5 Å². The third kappa shape index (κ3) is 4.24. The number of aromatic nitrogens is 3. The molecule has 0 aliphatic carbocycles. The average Bonchev–Trinajstić information content (AvgIpc) is 3.13. The predicted molar refractivity (Wildman–Crippen MR) is 97.5 cm³/mol. The highest BCUT2D eigenvalue weighted by Gasteiger charge is 2.49. The molecule has 0 aliphatic heterocycles. The van der Waals surface area contributed by atoms with Crippen molar-refractivity contribution in [3.8, 4) is 11.1 Å². The number of benzene rings is 1. The summed E-state index contributed by atoms with van der Waals surface area (Å²) in [6.07, 6.45) is 2.62. The minimum atomic E-state index is -5.68. The quantitative estimate of drug-likeness (QED) is 0.605. The molecule has 2 heterocycles. The lowest BCUT2D eigenvalue weighted by molar-refractivity contribution is -0.143. The van der Waals surface area contributed by atoms with Gasteiger partial charge in [0.15, 0.2) is 5.03 Å². The SMILES string of the molecule is CCOC(=O)CCc1cnc(S(=O)(=O)C(F)(F)F)c(-c2ccc3[nH]ncc3c2)c1. The Labute approximate surface area is 163 Å². The molecule has 1 aromatic carbocycles. The molecule has 0 amide bonds. The van der Waals surface area contributed by atoms with Gasteiger partial charge in [-0.05, 0) is 42.7 Å². The maximum absolute atomic E-state index is 13.2. The van der Waals surface area contributed by atoms with E-state index in [4.69, 9.17) is 4.74 Å². The van der Waals surface area contributed by atoms with Crippen LogP contribution in [0.1, 0.15) is 18.9 Å². The van der Waals surface area contributed by atoms with E-state index in [0.29, 0.717) is 16.5 Å². The van der Waals surface area contributed by atoms with E-state index in [1.807, 2.05) is 0 Å². The Morgan fingerprint density at radius 3 is 2.66 bits per heavy atom. The second-order valence-electron chi connectivity index (χ2n) is 6.12. The van der Waals surface area contributed by atoms with Crippen LogP contribution in [0.3, 0.4) is 0 Å². The molecule has 29 heavy (non-hydrogen) atoms. The van der Waals surface area contributed by atoms with Crippen LogP contribution in [0.5, 0.6) is 0 Å². The highest BCUT2D eigenvalue weighted by molar-refractivity contribution is 7.92. The van der Waals surface area contributed by atoms with E-state index >= 15 is 0 Å². The molecule has 3 rings (SSSR count). The number of halogens is 3. The fraction of sp³-hybridized carbons (Fsp3) is 0.278. The van der Waals surface area contributed by atoms with Crippen molar-refractivity contribution < 1.29 is 31.1 Å². The standard InChI is InChI=1S/C18H16F3N3O4S/c1-2-28-16(25)6-3-11-7-14(12-4-5-15-13(8-12)10-23-24-15)17(22-9-11)29(26,27)18(19,20)21/h4-5,7-10H,2-3,6H2,1H3,(H,23,24). The van der Waals surface area contributed by atoms with Crippen molar-refractivity contribution in [2.24, 2.45) is 0 Å². The smallest absolute Gasteiger partial charge is 0.466 e. The summed E-state index contributed by atoms with van der Waals surface area (Å²) in [5.41, 5.74) is -4.43. The molecule has 3 aromatic rings. The Kier molecular flexibility index (Phi) is 5.60. The number of fused-ring (bicyclic) bond motifs is 1. The van der Waals surface area contributed by atoms with Crippen molar-refractivity contribution in [2.45, 2.75) is 30.3 Å². The number of carbonyl (C=O) groups is 1. The topological polar surface area (TPSA) is 102 Å². The van der Waals surface area contributed by atoms with Gasteiger partial charge in [0.1, 0.15) is 0 Å². The molecule has 0 aliphatic rings. The van der Waals surface area contributed by atoms with Crippen molar-refractivity contribution >= 4 is 26.7 Å². The van der Waals surface area contributed by atoms with Crippen LogP contribution in [0, 0.1) is 0 Å². The van der Waals surface area contributed by atoms with Gasteiger partial charge in [-0.1, -0.05) is 6.07 Å². The number of rotatable bonds is 6. The molecule has 154 valence electrons. The Morgan fingerprint density at radius 2 is 1.97 bits per heavy atom. The molecule has 0 fully saturated rings. The summed E-state index contributed by atoms with van der Waals surface area (Å²) in [6.45, 7) is 1.86. The van der Waals surface area contributed by atoms with Gasteiger partial charge < -0.3 is 4.74 Å². The fourth-order valence-electron chi connectivity index (χ4n) is 2.75. The first-order chi connectivity index (χ1) is 13.6. The number of aromatic amines is 1. The normalized spacial score (nSPS) is 12.3. The summed E-state index contributed by atoms with van der Waals surface area (Å²) in [6, 6.07) is 5.86. The number of hydrogen-bond acceptors (Lipinski definition) is 6. The van der Waals surface area contributed by atoms with Crippen LogP contribution in [0.2, 0.25) is 0 Å². The second-order valence-corrected chi connectivity index (χ2v) is 7.98. The lowest BCUT2D eigenvalue weighted by Gasteiger charge is -2.13. The zero-order valence-electron chi connectivity index (χ0n) is 15.2. The van der Waals surface area contributed by atoms with Gasteiger partial charge in [0.25, 0.3) is 9.84 Å². The Morgan fingerprint density at radius 1 is 1.21 bits per heavy atom. The van der Waals surface area contributed by atoms with E-state index in [2.05, 4.69) is 15.2 Å². The number of hydrogen-bond donors (Lipinski definition) is 1. The third-order valence-corrected chi connectivity index (χ3v) is 5.59. The van der Waals surface area contributed by atoms with Gasteiger partial charge in [-0.15, -0.1) is 0 Å². The van der Waals surface area contributed by atoms with E-state index in [1.165, 1.54) is 24.4 Å². The van der Waals surface area contributed by atoms with Crippen LogP contribution >= 0.6 is 0 Å². The van der Waals surface area contributed by atoms with Gasteiger partial charge in [0.05, 0.1) is 18.3 Å². The average molecular weight is 427 g/mol. The van der Waals surface area contributed by atoms with Crippen molar-refractivity contribution in [3.05, 3.63) is 42.2 Å². The van der Waals surface area contributed by atoms with Crippen LogP contribution in [0.4, 0.5) is 13.2 Å². The molecule has 0 saturated carbocycles. The van der Waals surface area contributed by atoms with Crippen LogP contribution in [-0.2, 0) is 25.8 Å². The van der Waals surface area contributed by atoms with Gasteiger partial charge in [-0.3, -0.25) is 9.89 Å². The lowest BCUT2D eigenvalue weighted by atomic mass is 10.0. The van der Waals surface area contributed by atoms with Crippen molar-refractivity contribution in [1.29, 1.82) is 0 Å². The Balaban J connectivity index is 2.10. The first-order valence-corrected chi connectivity index (χ1v) is 10.0. The minimum absolute atomic E-state index is 0.0128. The first-order valence-electron chi connectivity index (χ1n) is 8.53. The number of nitrogens with one attached hydrogen (secondary N) is 1. The van der Waals surface area contributed by atoms with Gasteiger partial charge in [-0.2, -0.15) is 18.3 Å². The van der Waals surface area contributed by atoms with Gasteiger partial charge in [0.2, 0.25) is 0 Å². The summed E-state index contributed by atoms with van der Waals surface area (Å²) in [4.78, 5) is 15.1. The molecule has 0 saturated heterocycles. The maximum atomic E-state index is 13.2. The Hall–Kier alpha value is -2.95.